The molecule has 2 heteroatoms. The highest BCUT2D eigenvalue weighted by Crippen LogP contribution is 2.46. The van der Waals surface area contributed by atoms with Gasteiger partial charge in [-0.3, -0.25) is 0 Å². The first-order chi connectivity index (χ1) is 17.1. The van der Waals surface area contributed by atoms with Gasteiger partial charge in [-0.25, -0.2) is 8.78 Å². The Hall–Kier alpha value is -1.70. The van der Waals surface area contributed by atoms with Gasteiger partial charge >= 0.3 is 0 Å². The van der Waals surface area contributed by atoms with Crippen molar-refractivity contribution >= 4 is 5.57 Å². The maximum atomic E-state index is 15.0. The van der Waals surface area contributed by atoms with Crippen molar-refractivity contribution in [1.29, 1.82) is 0 Å². The molecule has 0 spiro atoms. The summed E-state index contributed by atoms with van der Waals surface area (Å²) in [6, 6.07) is 3.63. The number of hydrogen-bond donors (Lipinski definition) is 0. The van der Waals surface area contributed by atoms with Crippen molar-refractivity contribution in [3.8, 4) is 0 Å². The summed E-state index contributed by atoms with van der Waals surface area (Å²) in [5.74, 6) is 2.89. The summed E-state index contributed by atoms with van der Waals surface area (Å²) in [7, 11) is 0. The molecule has 0 nitrogen and oxygen atoms in total. The normalized spacial score (nSPS) is 29.8. The van der Waals surface area contributed by atoms with Gasteiger partial charge in [-0.15, -0.1) is 6.58 Å². The molecule has 35 heavy (non-hydrogen) atoms. The fraction of sp³-hybridized carbons (Fsp3) is 0.636. The number of allylic oxidation sites excluding steroid dienone is 5. The lowest BCUT2D eigenvalue weighted by Gasteiger charge is -2.40. The Kier molecular flexibility index (Phi) is 9.81. The van der Waals surface area contributed by atoms with E-state index in [0.29, 0.717) is 17.5 Å². The lowest BCUT2D eigenvalue weighted by atomic mass is 9.66. The highest BCUT2D eigenvalue weighted by Gasteiger charge is 2.33. The molecule has 0 amide bonds. The van der Waals surface area contributed by atoms with Gasteiger partial charge in [0.25, 0.3) is 0 Å². The topological polar surface area (TPSA) is 0 Å². The second-order valence-electron chi connectivity index (χ2n) is 11.5. The molecule has 0 aromatic heterocycles. The largest absolute Gasteiger partial charge is 0.203 e. The summed E-state index contributed by atoms with van der Waals surface area (Å²) in [4.78, 5) is 0. The third-order valence-corrected chi connectivity index (χ3v) is 9.46. The van der Waals surface area contributed by atoms with Gasteiger partial charge in [0.1, 0.15) is 0 Å². The predicted octanol–water partition coefficient (Wildman–Crippen LogP) is 10.2. The number of unbranched alkanes of at least 4 members (excludes halogenated alkanes) is 1. The Morgan fingerprint density at radius 3 is 2.03 bits per heavy atom. The van der Waals surface area contributed by atoms with E-state index in [9.17, 15) is 8.78 Å². The minimum atomic E-state index is -0.644. The maximum Gasteiger partial charge on any atom is 0.166 e. The van der Waals surface area contributed by atoms with E-state index in [1.807, 2.05) is 6.07 Å². The molecule has 0 aliphatic heterocycles. The molecule has 1 unspecified atom stereocenters. The zero-order valence-electron chi connectivity index (χ0n) is 21.9. The van der Waals surface area contributed by atoms with E-state index in [2.05, 4.69) is 37.8 Å². The molecular weight excluding hydrogens is 434 g/mol. The Balaban J connectivity index is 1.27. The van der Waals surface area contributed by atoms with Crippen LogP contribution < -0.4 is 0 Å². The highest BCUT2D eigenvalue weighted by molar-refractivity contribution is 5.67. The van der Waals surface area contributed by atoms with Crippen LogP contribution in [0.1, 0.15) is 108 Å². The SMILES string of the molecule is C=CC1CCC(C2CCC(C3CC=C(c4ccc(CC/C=C/CCC)c(F)c4F)CC3)CC2)CC1. The first kappa shape index (κ1) is 26.4. The number of hydrogen-bond acceptors (Lipinski definition) is 0. The van der Waals surface area contributed by atoms with Crippen LogP contribution in [0.4, 0.5) is 8.78 Å². The zero-order valence-corrected chi connectivity index (χ0v) is 21.9. The van der Waals surface area contributed by atoms with Gasteiger partial charge in [-0.1, -0.05) is 49.8 Å². The van der Waals surface area contributed by atoms with E-state index in [4.69, 9.17) is 0 Å². The molecule has 1 aromatic rings. The van der Waals surface area contributed by atoms with Crippen molar-refractivity contribution in [2.24, 2.45) is 29.6 Å². The van der Waals surface area contributed by atoms with Crippen LogP contribution in [0.2, 0.25) is 0 Å². The summed E-state index contributed by atoms with van der Waals surface area (Å²) < 4.78 is 29.7. The van der Waals surface area contributed by atoms with Crippen molar-refractivity contribution < 1.29 is 8.78 Å². The maximum absolute atomic E-state index is 15.0. The Bertz CT molecular complexity index is 879. The molecule has 2 fully saturated rings. The van der Waals surface area contributed by atoms with Gasteiger partial charge < -0.3 is 0 Å². The summed E-state index contributed by atoms with van der Waals surface area (Å²) in [6.45, 7) is 6.13. The quantitative estimate of drug-likeness (QED) is 0.308. The zero-order chi connectivity index (χ0) is 24.6. The molecule has 0 radical (unpaired) electrons. The fourth-order valence-electron chi connectivity index (χ4n) is 7.14. The molecule has 3 aliphatic carbocycles. The first-order valence-electron chi connectivity index (χ1n) is 14.5. The van der Waals surface area contributed by atoms with Crippen LogP contribution in [0.15, 0.2) is 43.0 Å². The Labute approximate surface area is 213 Å². The number of rotatable bonds is 9. The predicted molar refractivity (Wildman–Crippen MR) is 145 cm³/mol. The average Bonchev–Trinajstić information content (AvgIpc) is 2.91. The van der Waals surface area contributed by atoms with Gasteiger partial charge in [0, 0.05) is 5.56 Å². The van der Waals surface area contributed by atoms with E-state index in [0.717, 1.165) is 73.7 Å². The third kappa shape index (κ3) is 6.75. The summed E-state index contributed by atoms with van der Waals surface area (Å²) in [6.07, 6.45) is 26.1. The van der Waals surface area contributed by atoms with Crippen molar-refractivity contribution in [1.82, 2.24) is 0 Å². The molecule has 0 bridgehead atoms. The fourth-order valence-corrected chi connectivity index (χ4v) is 7.14. The Morgan fingerprint density at radius 1 is 0.800 bits per heavy atom. The molecule has 3 aliphatic rings. The molecule has 0 heterocycles. The molecule has 192 valence electrons. The minimum absolute atomic E-state index is 0.491. The van der Waals surface area contributed by atoms with Crippen molar-refractivity contribution in [3.63, 3.8) is 0 Å². The van der Waals surface area contributed by atoms with Gasteiger partial charge in [0.15, 0.2) is 11.6 Å². The average molecular weight is 481 g/mol. The summed E-state index contributed by atoms with van der Waals surface area (Å²) in [5, 5.41) is 0. The van der Waals surface area contributed by atoms with Crippen LogP contribution in [0.3, 0.4) is 0 Å². The molecule has 1 aromatic carbocycles. The van der Waals surface area contributed by atoms with Gasteiger partial charge in [-0.2, -0.15) is 0 Å². The Morgan fingerprint density at radius 2 is 1.43 bits per heavy atom. The second-order valence-corrected chi connectivity index (χ2v) is 11.5. The van der Waals surface area contributed by atoms with Crippen molar-refractivity contribution in [2.45, 2.75) is 103 Å². The van der Waals surface area contributed by atoms with E-state index >= 15 is 0 Å². The lowest BCUT2D eigenvalue weighted by molar-refractivity contribution is 0.128. The number of benzene rings is 1. The van der Waals surface area contributed by atoms with Gasteiger partial charge in [0.2, 0.25) is 0 Å². The molecule has 0 N–H and O–H groups in total. The van der Waals surface area contributed by atoms with Crippen LogP contribution >= 0.6 is 0 Å². The van der Waals surface area contributed by atoms with Gasteiger partial charge in [-0.05, 0) is 131 Å². The van der Waals surface area contributed by atoms with Crippen LogP contribution in [-0.2, 0) is 6.42 Å². The third-order valence-electron chi connectivity index (χ3n) is 9.46. The highest BCUT2D eigenvalue weighted by atomic mass is 19.2. The van der Waals surface area contributed by atoms with Crippen LogP contribution in [-0.4, -0.2) is 0 Å². The summed E-state index contributed by atoms with van der Waals surface area (Å²) >= 11 is 0. The summed E-state index contributed by atoms with van der Waals surface area (Å²) in [5.41, 5.74) is 2.00. The van der Waals surface area contributed by atoms with Crippen molar-refractivity contribution in [2.75, 3.05) is 0 Å². The standard InChI is InChI=1S/C33H46F2/c1-3-5-6-7-8-9-30-22-23-31(33(35)32(30)34)29-20-18-28(19-21-29)27-16-14-26(15-17-27)25-12-10-24(4-2)11-13-25/h4,6-7,20,22-28H,2-3,5,8-19,21H2,1H3/b7-6+. The van der Waals surface area contributed by atoms with E-state index in [1.165, 1.54) is 51.4 Å². The molecule has 1 atom stereocenters. The smallest absolute Gasteiger partial charge is 0.166 e. The second kappa shape index (κ2) is 13.0. The molecule has 0 saturated heterocycles. The van der Waals surface area contributed by atoms with Crippen LogP contribution in [0.5, 0.6) is 0 Å². The van der Waals surface area contributed by atoms with E-state index in [1.54, 1.807) is 6.07 Å². The molecule has 2 saturated carbocycles. The molecular formula is C33H46F2. The first-order valence-corrected chi connectivity index (χ1v) is 14.5. The number of halogens is 2. The van der Waals surface area contributed by atoms with E-state index < -0.39 is 11.6 Å². The van der Waals surface area contributed by atoms with E-state index in [-0.39, 0.29) is 0 Å². The molecule has 4 rings (SSSR count). The van der Waals surface area contributed by atoms with Gasteiger partial charge in [0.05, 0.1) is 0 Å². The number of aryl methyl sites for hydroxylation is 1. The minimum Gasteiger partial charge on any atom is -0.203 e. The lowest BCUT2D eigenvalue weighted by Crippen LogP contribution is -2.28. The monoisotopic (exact) mass is 480 g/mol. The van der Waals surface area contributed by atoms with Crippen molar-refractivity contribution in [3.05, 3.63) is 65.8 Å². The van der Waals surface area contributed by atoms with Crippen LogP contribution in [0.25, 0.3) is 5.57 Å². The van der Waals surface area contributed by atoms with Crippen LogP contribution in [0, 0.1) is 41.2 Å².